The number of hydrazone groups is 1. The van der Waals surface area contributed by atoms with Crippen LogP contribution in [0.15, 0.2) is 59.7 Å². The second kappa shape index (κ2) is 5.82. The molecule has 0 saturated heterocycles. The van der Waals surface area contributed by atoms with Crippen LogP contribution in [0.3, 0.4) is 0 Å². The molecule has 2 rings (SSSR count). The Morgan fingerprint density at radius 3 is 2.16 bits per heavy atom. The van der Waals surface area contributed by atoms with Crippen LogP contribution in [-0.2, 0) is 0 Å². The van der Waals surface area contributed by atoms with E-state index in [1.165, 1.54) is 5.56 Å². The predicted octanol–water partition coefficient (Wildman–Crippen LogP) is 2.75. The number of hydrogen-bond acceptors (Lipinski definition) is 2. The van der Waals surface area contributed by atoms with E-state index in [2.05, 4.69) is 22.7 Å². The van der Waals surface area contributed by atoms with E-state index >= 15 is 0 Å². The molecule has 2 aromatic carbocycles. The molecule has 0 bridgehead atoms. The minimum atomic E-state index is -0.666. The molecule has 0 unspecified atom stereocenters. The summed E-state index contributed by atoms with van der Waals surface area (Å²) in [5.41, 5.74) is 11.1. The molecule has 0 heterocycles. The molecule has 0 spiro atoms. The standard InChI is InChI=1S/C15H15N3O/c1-11(17-18-15(16)19)12-7-9-14(10-8-12)13-5-3-2-4-6-13/h2-10H,1H3,(H3,16,18,19)/b17-11-. The van der Waals surface area contributed by atoms with Crippen molar-refractivity contribution in [2.24, 2.45) is 10.8 Å². The molecule has 3 N–H and O–H groups in total. The largest absolute Gasteiger partial charge is 0.350 e. The summed E-state index contributed by atoms with van der Waals surface area (Å²) in [6, 6.07) is 17.4. The summed E-state index contributed by atoms with van der Waals surface area (Å²) in [6.07, 6.45) is 0. The second-order valence-corrected chi connectivity index (χ2v) is 4.12. The number of carbonyl (C=O) groups excluding carboxylic acids is 1. The first-order valence-corrected chi connectivity index (χ1v) is 5.92. The van der Waals surface area contributed by atoms with Crippen molar-refractivity contribution in [2.45, 2.75) is 6.92 Å². The summed E-state index contributed by atoms with van der Waals surface area (Å²) in [4.78, 5) is 10.6. The van der Waals surface area contributed by atoms with Gasteiger partial charge in [0.25, 0.3) is 0 Å². The lowest BCUT2D eigenvalue weighted by Gasteiger charge is -2.04. The number of nitrogens with one attached hydrogen (secondary N) is 1. The van der Waals surface area contributed by atoms with Gasteiger partial charge in [-0.1, -0.05) is 54.6 Å². The zero-order chi connectivity index (χ0) is 13.7. The minimum Gasteiger partial charge on any atom is -0.350 e. The van der Waals surface area contributed by atoms with Crippen LogP contribution in [0.25, 0.3) is 11.1 Å². The molecule has 0 radical (unpaired) electrons. The van der Waals surface area contributed by atoms with Crippen LogP contribution in [0.5, 0.6) is 0 Å². The molecular formula is C15H15N3O. The first-order chi connectivity index (χ1) is 9.16. The zero-order valence-electron chi connectivity index (χ0n) is 10.6. The number of nitrogens with two attached hydrogens (primary N) is 1. The maximum Gasteiger partial charge on any atom is 0.332 e. The monoisotopic (exact) mass is 253 g/mol. The lowest BCUT2D eigenvalue weighted by atomic mass is 10.0. The molecule has 0 saturated carbocycles. The molecule has 0 fully saturated rings. The molecule has 2 aromatic rings. The molecule has 4 heteroatoms. The summed E-state index contributed by atoms with van der Waals surface area (Å²) in [5, 5.41) is 3.89. The van der Waals surface area contributed by atoms with Gasteiger partial charge >= 0.3 is 6.03 Å². The van der Waals surface area contributed by atoms with Crippen molar-refractivity contribution in [3.63, 3.8) is 0 Å². The van der Waals surface area contributed by atoms with Crippen molar-refractivity contribution in [1.82, 2.24) is 5.43 Å². The highest BCUT2D eigenvalue weighted by atomic mass is 16.2. The summed E-state index contributed by atoms with van der Waals surface area (Å²) < 4.78 is 0. The van der Waals surface area contributed by atoms with Gasteiger partial charge in [-0.05, 0) is 23.6 Å². The quantitative estimate of drug-likeness (QED) is 0.641. The fourth-order valence-corrected chi connectivity index (χ4v) is 1.74. The number of amides is 2. The van der Waals surface area contributed by atoms with Gasteiger partial charge in [-0.2, -0.15) is 5.10 Å². The number of primary amides is 1. The number of urea groups is 1. The van der Waals surface area contributed by atoms with Crippen molar-refractivity contribution in [1.29, 1.82) is 0 Å². The molecule has 2 amide bonds. The number of rotatable bonds is 3. The summed E-state index contributed by atoms with van der Waals surface area (Å²) in [6.45, 7) is 1.81. The Hall–Kier alpha value is -2.62. The number of benzene rings is 2. The second-order valence-electron chi connectivity index (χ2n) is 4.12. The third kappa shape index (κ3) is 3.42. The number of carbonyl (C=O) groups is 1. The van der Waals surface area contributed by atoms with Crippen LogP contribution in [0.1, 0.15) is 12.5 Å². The average molecular weight is 253 g/mol. The third-order valence-corrected chi connectivity index (χ3v) is 2.74. The lowest BCUT2D eigenvalue weighted by molar-refractivity contribution is 0.249. The van der Waals surface area contributed by atoms with E-state index in [0.29, 0.717) is 5.71 Å². The minimum absolute atomic E-state index is 0.666. The molecule has 96 valence electrons. The van der Waals surface area contributed by atoms with Crippen molar-refractivity contribution in [2.75, 3.05) is 0 Å². The van der Waals surface area contributed by atoms with Crippen molar-refractivity contribution in [3.8, 4) is 11.1 Å². The van der Waals surface area contributed by atoms with Crippen molar-refractivity contribution < 1.29 is 4.79 Å². The van der Waals surface area contributed by atoms with Gasteiger partial charge < -0.3 is 5.73 Å². The Morgan fingerprint density at radius 2 is 1.58 bits per heavy atom. The molecule has 4 nitrogen and oxygen atoms in total. The molecule has 0 atom stereocenters. The van der Waals surface area contributed by atoms with E-state index in [1.54, 1.807) is 0 Å². The Labute approximate surface area is 112 Å². The first kappa shape index (κ1) is 12.8. The van der Waals surface area contributed by atoms with Crippen molar-refractivity contribution >= 4 is 11.7 Å². The number of nitrogens with zero attached hydrogens (tertiary/aromatic N) is 1. The molecule has 0 aliphatic carbocycles. The fraction of sp³-hybridized carbons (Fsp3) is 0.0667. The molecule has 0 aliphatic heterocycles. The van der Waals surface area contributed by atoms with E-state index in [1.807, 2.05) is 49.4 Å². The van der Waals surface area contributed by atoms with Crippen LogP contribution in [0.2, 0.25) is 0 Å². The average Bonchev–Trinajstić information content (AvgIpc) is 2.46. The van der Waals surface area contributed by atoms with Gasteiger partial charge in [0.15, 0.2) is 0 Å². The molecule has 19 heavy (non-hydrogen) atoms. The van der Waals surface area contributed by atoms with Gasteiger partial charge in [0, 0.05) is 0 Å². The van der Waals surface area contributed by atoms with Gasteiger partial charge in [0.2, 0.25) is 0 Å². The maximum absolute atomic E-state index is 10.6. The zero-order valence-corrected chi connectivity index (χ0v) is 10.6. The van der Waals surface area contributed by atoms with Crippen LogP contribution < -0.4 is 11.2 Å². The molecule has 0 aliphatic rings. The Balaban J connectivity index is 2.19. The van der Waals surface area contributed by atoms with Crippen LogP contribution in [0, 0.1) is 0 Å². The Kier molecular flexibility index (Phi) is 3.93. The Bertz CT molecular complexity index is 589. The SMILES string of the molecule is C/C(=N/NC(N)=O)c1ccc(-c2ccccc2)cc1. The summed E-state index contributed by atoms with van der Waals surface area (Å²) in [7, 11) is 0. The van der Waals surface area contributed by atoms with E-state index in [9.17, 15) is 4.79 Å². The normalized spacial score (nSPS) is 11.1. The van der Waals surface area contributed by atoms with Crippen LogP contribution in [-0.4, -0.2) is 11.7 Å². The van der Waals surface area contributed by atoms with Gasteiger partial charge in [-0.25, -0.2) is 10.2 Å². The van der Waals surface area contributed by atoms with Gasteiger partial charge in [0.1, 0.15) is 0 Å². The highest BCUT2D eigenvalue weighted by molar-refractivity contribution is 5.99. The van der Waals surface area contributed by atoms with Crippen molar-refractivity contribution in [3.05, 3.63) is 60.2 Å². The van der Waals surface area contributed by atoms with E-state index < -0.39 is 6.03 Å². The maximum atomic E-state index is 10.6. The van der Waals surface area contributed by atoms with E-state index in [0.717, 1.165) is 11.1 Å². The van der Waals surface area contributed by atoms with E-state index in [4.69, 9.17) is 5.73 Å². The topological polar surface area (TPSA) is 67.5 Å². The van der Waals surface area contributed by atoms with Crippen LogP contribution in [0.4, 0.5) is 4.79 Å². The first-order valence-electron chi connectivity index (χ1n) is 5.92. The predicted molar refractivity (Wildman–Crippen MR) is 76.8 cm³/mol. The van der Waals surface area contributed by atoms with Crippen LogP contribution >= 0.6 is 0 Å². The Morgan fingerprint density at radius 1 is 1.00 bits per heavy atom. The fourth-order valence-electron chi connectivity index (χ4n) is 1.74. The molecule has 0 aromatic heterocycles. The lowest BCUT2D eigenvalue weighted by Crippen LogP contribution is -2.25. The highest BCUT2D eigenvalue weighted by Gasteiger charge is 2.00. The highest BCUT2D eigenvalue weighted by Crippen LogP contribution is 2.19. The van der Waals surface area contributed by atoms with Gasteiger partial charge in [-0.15, -0.1) is 0 Å². The summed E-state index contributed by atoms with van der Waals surface area (Å²) in [5.74, 6) is 0. The smallest absolute Gasteiger partial charge is 0.332 e. The number of hydrogen-bond donors (Lipinski definition) is 2. The van der Waals surface area contributed by atoms with E-state index in [-0.39, 0.29) is 0 Å². The van der Waals surface area contributed by atoms with Gasteiger partial charge in [-0.3, -0.25) is 0 Å². The van der Waals surface area contributed by atoms with Gasteiger partial charge in [0.05, 0.1) is 5.71 Å². The third-order valence-electron chi connectivity index (χ3n) is 2.74. The molecular weight excluding hydrogens is 238 g/mol. The summed E-state index contributed by atoms with van der Waals surface area (Å²) >= 11 is 0.